The minimum atomic E-state index is -0.0277. The van der Waals surface area contributed by atoms with E-state index in [0.29, 0.717) is 0 Å². The highest BCUT2D eigenvalue weighted by Gasteiger charge is 2.30. The largest absolute Gasteiger partial charge is 0.239 e. The summed E-state index contributed by atoms with van der Waals surface area (Å²) in [7, 11) is 0. The van der Waals surface area contributed by atoms with E-state index < -0.39 is 0 Å². The second-order valence-corrected chi connectivity index (χ2v) is 8.56. The predicted octanol–water partition coefficient (Wildman–Crippen LogP) is 5.44. The van der Waals surface area contributed by atoms with Crippen LogP contribution in [-0.4, -0.2) is 30.0 Å². The van der Waals surface area contributed by atoms with Crippen LogP contribution in [-0.2, 0) is 12.8 Å². The molecule has 0 bridgehead atoms. The molecule has 166 valence electrons. The van der Waals surface area contributed by atoms with Gasteiger partial charge in [-0.05, 0) is 48.2 Å². The van der Waals surface area contributed by atoms with Gasteiger partial charge < -0.3 is 0 Å². The predicted molar refractivity (Wildman–Crippen MR) is 133 cm³/mol. The van der Waals surface area contributed by atoms with E-state index in [4.69, 9.17) is 0 Å². The Bertz CT molecular complexity index is 1400. The quantitative estimate of drug-likeness (QED) is 0.329. The highest BCUT2D eigenvalue weighted by Crippen LogP contribution is 2.33. The van der Waals surface area contributed by atoms with Crippen LogP contribution in [0, 0.1) is 0 Å². The third-order valence-corrected chi connectivity index (χ3v) is 6.40. The summed E-state index contributed by atoms with van der Waals surface area (Å²) in [4.78, 5) is 0. The Kier molecular flexibility index (Phi) is 5.32. The number of fused-ring (bicyclic) bond motifs is 2. The van der Waals surface area contributed by atoms with Gasteiger partial charge in [-0.25, -0.2) is 9.36 Å². The highest BCUT2D eigenvalue weighted by atomic mass is 15.5. The SMILES string of the molecule is c1ccc(CC(C(Cc2ccccc2)n2nnc3ccccc32)n2nnc3ccccc32)cc1. The Morgan fingerprint density at radius 3 is 1.29 bits per heavy atom. The summed E-state index contributed by atoms with van der Waals surface area (Å²) in [5.74, 6) is 0. The summed E-state index contributed by atoms with van der Waals surface area (Å²) < 4.78 is 4.15. The van der Waals surface area contributed by atoms with Crippen LogP contribution < -0.4 is 0 Å². The van der Waals surface area contributed by atoms with E-state index in [1.54, 1.807) is 0 Å². The summed E-state index contributed by atoms with van der Waals surface area (Å²) in [5, 5.41) is 18.3. The molecule has 34 heavy (non-hydrogen) atoms. The molecular formula is C28H24N6. The standard InChI is InChI=1S/C28H24N6/c1-3-11-21(12-4-1)19-27(33-25-17-9-7-15-23(25)29-31-33)28(20-22-13-5-2-6-14-22)34-26-18-10-8-16-24(26)30-32-34/h1-18,27-28H,19-20H2. The maximum absolute atomic E-state index is 4.65. The van der Waals surface area contributed by atoms with Gasteiger partial charge in [-0.2, -0.15) is 0 Å². The monoisotopic (exact) mass is 444 g/mol. The highest BCUT2D eigenvalue weighted by molar-refractivity contribution is 5.75. The van der Waals surface area contributed by atoms with Crippen LogP contribution in [0.1, 0.15) is 23.2 Å². The second-order valence-electron chi connectivity index (χ2n) is 8.56. The van der Waals surface area contributed by atoms with Gasteiger partial charge >= 0.3 is 0 Å². The topological polar surface area (TPSA) is 61.4 Å². The summed E-state index contributed by atoms with van der Waals surface area (Å²) in [6.45, 7) is 0. The molecule has 2 unspecified atom stereocenters. The van der Waals surface area contributed by atoms with Crippen molar-refractivity contribution in [3.05, 3.63) is 120 Å². The molecule has 6 heteroatoms. The number of hydrogen-bond donors (Lipinski definition) is 0. The van der Waals surface area contributed by atoms with Gasteiger partial charge in [0, 0.05) is 0 Å². The van der Waals surface area contributed by atoms with E-state index in [9.17, 15) is 0 Å². The van der Waals surface area contributed by atoms with Crippen LogP contribution in [0.5, 0.6) is 0 Å². The Morgan fingerprint density at radius 2 is 0.853 bits per heavy atom. The fraction of sp³-hybridized carbons (Fsp3) is 0.143. The molecule has 0 saturated carbocycles. The fourth-order valence-electron chi connectivity index (χ4n) is 4.75. The van der Waals surface area contributed by atoms with Gasteiger partial charge in [0.25, 0.3) is 0 Å². The molecule has 0 amide bonds. The Hall–Kier alpha value is -4.32. The lowest BCUT2D eigenvalue weighted by molar-refractivity contribution is 0.284. The molecule has 0 spiro atoms. The number of nitrogens with zero attached hydrogens (tertiary/aromatic N) is 6. The van der Waals surface area contributed by atoms with E-state index >= 15 is 0 Å². The molecule has 2 atom stereocenters. The summed E-state index contributed by atoms with van der Waals surface area (Å²) >= 11 is 0. The molecule has 0 aliphatic heterocycles. The lowest BCUT2D eigenvalue weighted by Crippen LogP contribution is -2.28. The van der Waals surface area contributed by atoms with Crippen LogP contribution >= 0.6 is 0 Å². The zero-order valence-electron chi connectivity index (χ0n) is 18.6. The molecule has 4 aromatic carbocycles. The number of para-hydroxylation sites is 2. The average molecular weight is 445 g/mol. The molecule has 6 nitrogen and oxygen atoms in total. The van der Waals surface area contributed by atoms with Crippen molar-refractivity contribution in [1.29, 1.82) is 0 Å². The molecule has 6 aromatic rings. The second kappa shape index (κ2) is 8.90. The number of rotatable bonds is 7. The van der Waals surface area contributed by atoms with Gasteiger partial charge in [0.15, 0.2) is 0 Å². The Labute approximate surface area is 197 Å². The third kappa shape index (κ3) is 3.83. The van der Waals surface area contributed by atoms with E-state index in [1.807, 2.05) is 36.4 Å². The van der Waals surface area contributed by atoms with Crippen molar-refractivity contribution in [2.24, 2.45) is 0 Å². The van der Waals surface area contributed by atoms with Crippen molar-refractivity contribution in [2.75, 3.05) is 0 Å². The van der Waals surface area contributed by atoms with Crippen LogP contribution in [0.4, 0.5) is 0 Å². The molecule has 2 heterocycles. The summed E-state index contributed by atoms with van der Waals surface area (Å²) in [6, 6.07) is 37.4. The van der Waals surface area contributed by atoms with Gasteiger partial charge in [0.2, 0.25) is 0 Å². The van der Waals surface area contributed by atoms with E-state index in [1.165, 1.54) is 11.1 Å². The number of hydrogen-bond acceptors (Lipinski definition) is 4. The molecule has 0 N–H and O–H groups in total. The molecular weight excluding hydrogens is 420 g/mol. The van der Waals surface area contributed by atoms with Gasteiger partial charge in [-0.1, -0.05) is 95.4 Å². The van der Waals surface area contributed by atoms with Gasteiger partial charge in [0.05, 0.1) is 23.1 Å². The minimum absolute atomic E-state index is 0.0277. The smallest absolute Gasteiger partial charge is 0.113 e. The first kappa shape index (κ1) is 20.3. The van der Waals surface area contributed by atoms with Crippen LogP contribution in [0.15, 0.2) is 109 Å². The molecule has 0 fully saturated rings. The molecule has 0 saturated heterocycles. The minimum Gasteiger partial charge on any atom is -0.239 e. The van der Waals surface area contributed by atoms with Crippen molar-refractivity contribution in [2.45, 2.75) is 24.9 Å². The first-order valence-electron chi connectivity index (χ1n) is 11.5. The van der Waals surface area contributed by atoms with Crippen LogP contribution in [0.2, 0.25) is 0 Å². The molecule has 2 aromatic heterocycles. The van der Waals surface area contributed by atoms with Crippen molar-refractivity contribution >= 4 is 22.1 Å². The summed E-state index contributed by atoms with van der Waals surface area (Å²) in [6.07, 6.45) is 1.58. The van der Waals surface area contributed by atoms with Gasteiger partial charge in [-0.15, -0.1) is 10.2 Å². The van der Waals surface area contributed by atoms with E-state index in [2.05, 4.69) is 103 Å². The van der Waals surface area contributed by atoms with Gasteiger partial charge in [0.1, 0.15) is 11.0 Å². The van der Waals surface area contributed by atoms with E-state index in [0.717, 1.165) is 34.9 Å². The Balaban J connectivity index is 1.54. The van der Waals surface area contributed by atoms with Crippen LogP contribution in [0.25, 0.3) is 22.1 Å². The van der Waals surface area contributed by atoms with Crippen molar-refractivity contribution in [3.8, 4) is 0 Å². The number of aromatic nitrogens is 6. The van der Waals surface area contributed by atoms with Crippen LogP contribution in [0.3, 0.4) is 0 Å². The maximum atomic E-state index is 4.65. The Morgan fingerprint density at radius 1 is 0.471 bits per heavy atom. The first-order chi connectivity index (χ1) is 16.9. The molecule has 6 rings (SSSR count). The van der Waals surface area contributed by atoms with Crippen molar-refractivity contribution < 1.29 is 0 Å². The molecule has 0 aliphatic rings. The molecule has 0 radical (unpaired) electrons. The van der Waals surface area contributed by atoms with Crippen molar-refractivity contribution in [1.82, 2.24) is 30.0 Å². The van der Waals surface area contributed by atoms with E-state index in [-0.39, 0.29) is 12.1 Å². The average Bonchev–Trinajstić information content (AvgIpc) is 3.52. The zero-order chi connectivity index (χ0) is 22.7. The zero-order valence-corrected chi connectivity index (χ0v) is 18.6. The third-order valence-electron chi connectivity index (χ3n) is 6.40. The number of benzene rings is 4. The first-order valence-corrected chi connectivity index (χ1v) is 11.5. The lowest BCUT2D eigenvalue weighted by atomic mass is 9.93. The van der Waals surface area contributed by atoms with Crippen molar-refractivity contribution in [3.63, 3.8) is 0 Å². The lowest BCUT2D eigenvalue weighted by Gasteiger charge is -2.28. The maximum Gasteiger partial charge on any atom is 0.113 e. The fourth-order valence-corrected chi connectivity index (χ4v) is 4.75. The van der Waals surface area contributed by atoms with Gasteiger partial charge in [-0.3, -0.25) is 0 Å². The summed E-state index contributed by atoms with van der Waals surface area (Å²) in [5.41, 5.74) is 6.31. The normalized spacial score (nSPS) is 13.3. The molecule has 0 aliphatic carbocycles.